The fourth-order valence-electron chi connectivity index (χ4n) is 3.57. The molecule has 116 valence electrons. The van der Waals surface area contributed by atoms with Gasteiger partial charge < -0.3 is 14.5 Å². The van der Waals surface area contributed by atoms with Crippen molar-refractivity contribution >= 4 is 16.5 Å². The molecule has 1 aromatic carbocycles. The van der Waals surface area contributed by atoms with E-state index in [2.05, 4.69) is 49.3 Å². The van der Waals surface area contributed by atoms with Crippen LogP contribution >= 0.6 is 0 Å². The number of H-pyrrole nitrogens is 1. The van der Waals surface area contributed by atoms with E-state index in [-0.39, 0.29) is 5.79 Å². The smallest absolute Gasteiger partial charge is 0.172 e. The van der Waals surface area contributed by atoms with Crippen molar-refractivity contribution in [1.82, 2.24) is 4.98 Å². The number of rotatable bonds is 2. The number of aromatic amines is 1. The lowest BCUT2D eigenvalue weighted by Gasteiger charge is -2.30. The molecule has 22 heavy (non-hydrogen) atoms. The van der Waals surface area contributed by atoms with Crippen LogP contribution in [0.3, 0.4) is 0 Å². The van der Waals surface area contributed by atoms with Gasteiger partial charge >= 0.3 is 0 Å². The maximum atomic E-state index is 5.81. The molecule has 3 heteroatoms. The van der Waals surface area contributed by atoms with Crippen LogP contribution < -0.4 is 0 Å². The molecule has 0 radical (unpaired) electrons. The fraction of sp³-hybridized carbons (Fsp3) is 0.474. The first-order valence-corrected chi connectivity index (χ1v) is 8.25. The molecule has 0 atom stereocenters. The molecular weight excluding hydrogens is 274 g/mol. The predicted octanol–water partition coefficient (Wildman–Crippen LogP) is 4.60. The Balaban J connectivity index is 1.69. The normalized spacial score (nSPS) is 21.0. The molecule has 0 saturated carbocycles. The van der Waals surface area contributed by atoms with E-state index in [9.17, 15) is 0 Å². The van der Waals surface area contributed by atoms with Crippen LogP contribution in [0.5, 0.6) is 0 Å². The topological polar surface area (TPSA) is 34.2 Å². The summed E-state index contributed by atoms with van der Waals surface area (Å²) >= 11 is 0. The molecule has 1 aliphatic heterocycles. The Morgan fingerprint density at radius 1 is 1.18 bits per heavy atom. The van der Waals surface area contributed by atoms with Gasteiger partial charge in [-0.25, -0.2) is 0 Å². The summed E-state index contributed by atoms with van der Waals surface area (Å²) in [5.74, 6) is 0.217. The Morgan fingerprint density at radius 3 is 2.68 bits per heavy atom. The minimum Gasteiger partial charge on any atom is -0.361 e. The average molecular weight is 297 g/mol. The molecule has 0 unspecified atom stereocenters. The Hall–Kier alpha value is -1.58. The second kappa shape index (κ2) is 5.25. The summed E-state index contributed by atoms with van der Waals surface area (Å²) in [4.78, 5) is 3.41. The van der Waals surface area contributed by atoms with E-state index in [0.29, 0.717) is 5.92 Å². The van der Waals surface area contributed by atoms with Gasteiger partial charge in [0.1, 0.15) is 0 Å². The van der Waals surface area contributed by atoms with Crippen LogP contribution in [0.2, 0.25) is 0 Å². The second-order valence-corrected chi connectivity index (χ2v) is 6.70. The van der Waals surface area contributed by atoms with Gasteiger partial charge in [-0.05, 0) is 35.6 Å². The zero-order chi connectivity index (χ0) is 15.2. The Labute approximate surface area is 131 Å². The molecule has 2 aliphatic rings. The van der Waals surface area contributed by atoms with Gasteiger partial charge in [-0.15, -0.1) is 0 Å². The zero-order valence-electron chi connectivity index (χ0n) is 13.3. The molecule has 1 aromatic heterocycles. The first-order valence-electron chi connectivity index (χ1n) is 8.25. The highest BCUT2D eigenvalue weighted by atomic mass is 16.7. The Morgan fingerprint density at radius 2 is 2.00 bits per heavy atom. The SMILES string of the molecule is CC(C)c1ccc2[nH]cc(C3=CCC4(CC3)OCCO4)c2c1. The molecule has 1 N–H and O–H groups in total. The lowest BCUT2D eigenvalue weighted by molar-refractivity contribution is -0.159. The van der Waals surface area contributed by atoms with Crippen molar-refractivity contribution < 1.29 is 9.47 Å². The van der Waals surface area contributed by atoms with Crippen LogP contribution in [-0.4, -0.2) is 24.0 Å². The maximum Gasteiger partial charge on any atom is 0.172 e. The van der Waals surface area contributed by atoms with E-state index in [1.807, 2.05) is 0 Å². The second-order valence-electron chi connectivity index (χ2n) is 6.70. The molecule has 1 spiro atoms. The molecule has 1 fully saturated rings. The number of aromatic nitrogens is 1. The number of fused-ring (bicyclic) bond motifs is 1. The lowest BCUT2D eigenvalue weighted by Crippen LogP contribution is -2.31. The van der Waals surface area contributed by atoms with E-state index in [0.717, 1.165) is 32.5 Å². The third kappa shape index (κ3) is 2.29. The Kier molecular flexibility index (Phi) is 3.35. The first kappa shape index (κ1) is 14.0. The average Bonchev–Trinajstić information content (AvgIpc) is 3.15. The summed E-state index contributed by atoms with van der Waals surface area (Å²) in [5, 5.41) is 1.33. The van der Waals surface area contributed by atoms with Crippen molar-refractivity contribution in [2.75, 3.05) is 13.2 Å². The van der Waals surface area contributed by atoms with Crippen molar-refractivity contribution in [2.45, 2.75) is 44.8 Å². The summed E-state index contributed by atoms with van der Waals surface area (Å²) in [6, 6.07) is 6.75. The Bertz CT molecular complexity index is 720. The van der Waals surface area contributed by atoms with Crippen LogP contribution in [0, 0.1) is 0 Å². The summed E-state index contributed by atoms with van der Waals surface area (Å²) in [6.45, 7) is 5.94. The number of hydrogen-bond donors (Lipinski definition) is 1. The number of allylic oxidation sites excluding steroid dienone is 1. The van der Waals surface area contributed by atoms with Crippen LogP contribution in [0.1, 0.15) is 50.2 Å². The fourth-order valence-corrected chi connectivity index (χ4v) is 3.57. The minimum absolute atomic E-state index is 0.335. The minimum atomic E-state index is -0.335. The van der Waals surface area contributed by atoms with Gasteiger partial charge in [0.15, 0.2) is 5.79 Å². The molecular formula is C19H23NO2. The number of benzene rings is 1. The number of ether oxygens (including phenoxy) is 2. The first-order chi connectivity index (χ1) is 10.7. The summed E-state index contributed by atoms with van der Waals surface area (Å²) in [5.41, 5.74) is 5.36. The van der Waals surface area contributed by atoms with Gasteiger partial charge in [0.05, 0.1) is 13.2 Å². The van der Waals surface area contributed by atoms with Gasteiger partial charge in [0, 0.05) is 35.5 Å². The molecule has 0 bridgehead atoms. The quantitative estimate of drug-likeness (QED) is 0.879. The van der Waals surface area contributed by atoms with Gasteiger partial charge in [-0.1, -0.05) is 26.0 Å². The highest BCUT2D eigenvalue weighted by Crippen LogP contribution is 2.40. The van der Waals surface area contributed by atoms with Crippen molar-refractivity contribution in [3.63, 3.8) is 0 Å². The van der Waals surface area contributed by atoms with Gasteiger partial charge in [-0.2, -0.15) is 0 Å². The highest BCUT2D eigenvalue weighted by molar-refractivity contribution is 5.93. The summed E-state index contributed by atoms with van der Waals surface area (Å²) in [6.07, 6.45) is 7.28. The van der Waals surface area contributed by atoms with Crippen LogP contribution in [0.4, 0.5) is 0 Å². The van der Waals surface area contributed by atoms with Crippen LogP contribution in [0.15, 0.2) is 30.5 Å². The molecule has 2 heterocycles. The molecule has 4 rings (SSSR count). The lowest BCUT2D eigenvalue weighted by atomic mass is 9.89. The third-order valence-electron chi connectivity index (χ3n) is 4.97. The largest absolute Gasteiger partial charge is 0.361 e. The molecule has 3 nitrogen and oxygen atoms in total. The highest BCUT2D eigenvalue weighted by Gasteiger charge is 2.37. The molecule has 1 saturated heterocycles. The number of nitrogens with one attached hydrogen (secondary N) is 1. The van der Waals surface area contributed by atoms with E-state index in [1.165, 1.54) is 27.6 Å². The monoisotopic (exact) mass is 297 g/mol. The summed E-state index contributed by atoms with van der Waals surface area (Å²) in [7, 11) is 0. The van der Waals surface area contributed by atoms with Gasteiger partial charge in [-0.3, -0.25) is 0 Å². The van der Waals surface area contributed by atoms with Crippen molar-refractivity contribution in [2.24, 2.45) is 0 Å². The van der Waals surface area contributed by atoms with E-state index in [4.69, 9.17) is 9.47 Å². The van der Waals surface area contributed by atoms with Crippen molar-refractivity contribution in [3.05, 3.63) is 41.6 Å². The maximum absolute atomic E-state index is 5.81. The molecule has 1 aliphatic carbocycles. The predicted molar refractivity (Wildman–Crippen MR) is 88.9 cm³/mol. The van der Waals surface area contributed by atoms with E-state index in [1.54, 1.807) is 0 Å². The van der Waals surface area contributed by atoms with Crippen LogP contribution in [-0.2, 0) is 9.47 Å². The zero-order valence-corrected chi connectivity index (χ0v) is 13.3. The molecule has 2 aromatic rings. The van der Waals surface area contributed by atoms with Crippen LogP contribution in [0.25, 0.3) is 16.5 Å². The van der Waals surface area contributed by atoms with E-state index < -0.39 is 0 Å². The van der Waals surface area contributed by atoms with E-state index >= 15 is 0 Å². The van der Waals surface area contributed by atoms with Crippen molar-refractivity contribution in [1.29, 1.82) is 0 Å². The van der Waals surface area contributed by atoms with Gasteiger partial charge in [0.2, 0.25) is 0 Å². The summed E-state index contributed by atoms with van der Waals surface area (Å²) < 4.78 is 11.6. The molecule has 0 amide bonds. The third-order valence-corrected chi connectivity index (χ3v) is 4.97. The van der Waals surface area contributed by atoms with Gasteiger partial charge in [0.25, 0.3) is 0 Å². The standard InChI is InChI=1S/C19H23NO2/c1-13(2)15-3-4-18-16(11-15)17(12-20-18)14-5-7-19(8-6-14)21-9-10-22-19/h3-5,11-13,20H,6-10H2,1-2H3. The number of hydrogen-bond acceptors (Lipinski definition) is 2. The van der Waals surface area contributed by atoms with Crippen molar-refractivity contribution in [3.8, 4) is 0 Å².